The maximum absolute atomic E-state index is 13.2. The Morgan fingerprint density at radius 2 is 1.81 bits per heavy atom. The largest absolute Gasteiger partial charge is 0.462 e. The molecule has 27 heavy (non-hydrogen) atoms. The van der Waals surface area contributed by atoms with Crippen LogP contribution in [0.4, 0.5) is 0 Å². The summed E-state index contributed by atoms with van der Waals surface area (Å²) in [6, 6.07) is 0. The first-order valence-electron chi connectivity index (χ1n) is 9.88. The van der Waals surface area contributed by atoms with Crippen molar-refractivity contribution in [1.29, 1.82) is 0 Å². The van der Waals surface area contributed by atoms with Crippen molar-refractivity contribution in [1.82, 2.24) is 0 Å². The molecule has 0 aromatic rings. The van der Waals surface area contributed by atoms with Crippen LogP contribution in [0.3, 0.4) is 0 Å². The second-order valence-corrected chi connectivity index (χ2v) is 10.4. The van der Waals surface area contributed by atoms with E-state index in [9.17, 15) is 14.4 Å². The fourth-order valence-corrected chi connectivity index (χ4v) is 8.07. The summed E-state index contributed by atoms with van der Waals surface area (Å²) in [6.07, 6.45) is -0.0219. The van der Waals surface area contributed by atoms with Crippen LogP contribution in [0.2, 0.25) is 0 Å². The van der Waals surface area contributed by atoms with E-state index >= 15 is 0 Å². The van der Waals surface area contributed by atoms with Crippen LogP contribution in [-0.2, 0) is 33.3 Å². The number of carbonyl (C=O) groups excluding carboxylic acids is 3. The van der Waals surface area contributed by atoms with Gasteiger partial charge in [0.2, 0.25) is 6.29 Å². The molecular formula is C20H24O7. The highest BCUT2D eigenvalue weighted by Crippen LogP contribution is 2.84. The molecule has 146 valence electrons. The van der Waals surface area contributed by atoms with Gasteiger partial charge in [0, 0.05) is 5.92 Å². The average Bonchev–Trinajstić information content (AvgIpc) is 3.26. The first-order chi connectivity index (χ1) is 12.6. The van der Waals surface area contributed by atoms with Crippen molar-refractivity contribution < 1.29 is 33.3 Å². The summed E-state index contributed by atoms with van der Waals surface area (Å²) in [5.74, 6) is -1.70. The summed E-state index contributed by atoms with van der Waals surface area (Å²) in [5, 5.41) is 0. The van der Waals surface area contributed by atoms with Crippen molar-refractivity contribution in [3.63, 3.8) is 0 Å². The van der Waals surface area contributed by atoms with Gasteiger partial charge in [-0.15, -0.1) is 0 Å². The van der Waals surface area contributed by atoms with Crippen molar-refractivity contribution in [2.24, 2.45) is 34.0 Å². The Morgan fingerprint density at radius 1 is 1.07 bits per heavy atom. The van der Waals surface area contributed by atoms with Crippen molar-refractivity contribution >= 4 is 17.9 Å². The molecule has 2 aliphatic carbocycles. The number of rotatable bonds is 0. The monoisotopic (exact) mass is 376 g/mol. The van der Waals surface area contributed by atoms with Crippen LogP contribution in [0.5, 0.6) is 0 Å². The fraction of sp³-hybridized carbons (Fsp3) is 0.850. The first-order valence-corrected chi connectivity index (χ1v) is 9.88. The molecular weight excluding hydrogens is 352 g/mol. The van der Waals surface area contributed by atoms with Gasteiger partial charge in [-0.1, -0.05) is 27.7 Å². The Balaban J connectivity index is 1.63. The van der Waals surface area contributed by atoms with Crippen LogP contribution in [-0.4, -0.2) is 42.0 Å². The van der Waals surface area contributed by atoms with Crippen LogP contribution < -0.4 is 0 Å². The van der Waals surface area contributed by atoms with Crippen molar-refractivity contribution in [3.05, 3.63) is 0 Å². The van der Waals surface area contributed by atoms with E-state index < -0.39 is 34.6 Å². The van der Waals surface area contributed by atoms with E-state index in [-0.39, 0.29) is 47.8 Å². The Labute approximate surface area is 157 Å². The van der Waals surface area contributed by atoms with E-state index in [1.54, 1.807) is 6.92 Å². The minimum Gasteiger partial charge on any atom is -0.462 e. The topological polar surface area (TPSA) is 88.1 Å². The van der Waals surface area contributed by atoms with Crippen LogP contribution in [0.15, 0.2) is 0 Å². The van der Waals surface area contributed by atoms with E-state index in [2.05, 4.69) is 20.8 Å². The average molecular weight is 376 g/mol. The van der Waals surface area contributed by atoms with E-state index in [1.165, 1.54) is 0 Å². The maximum atomic E-state index is 13.2. The molecule has 0 N–H and O–H groups in total. The lowest BCUT2D eigenvalue weighted by atomic mass is 9.53. The molecule has 4 aliphatic heterocycles. The van der Waals surface area contributed by atoms with Gasteiger partial charge in [0.25, 0.3) is 0 Å². The molecule has 0 amide bonds. The maximum Gasteiger partial charge on any atom is 0.340 e. The van der Waals surface area contributed by atoms with Gasteiger partial charge in [0.1, 0.15) is 12.2 Å². The first kappa shape index (κ1) is 16.3. The Bertz CT molecular complexity index is 814. The molecule has 0 aromatic carbocycles. The normalized spacial score (nSPS) is 57.1. The third-order valence-electron chi connectivity index (χ3n) is 8.67. The van der Waals surface area contributed by atoms with Crippen LogP contribution in [0, 0.1) is 34.0 Å². The number of fused-ring (bicyclic) bond motifs is 1. The standard InChI is InChI=1S/C20H24O7/c1-8-13-9(24-14(8)22)6-19-11-5-10(17(2,3)4)18(19)7-12(21)26-16(18)27-20(13,19)15(23)25-11/h8-11,13,16H,5-7H2,1-4H3/t8-,9?,10-,11?,13-,16?,18?,19?,20+/m0/s1. The lowest BCUT2D eigenvalue weighted by Crippen LogP contribution is -2.55. The molecule has 0 aromatic heterocycles. The molecule has 6 rings (SSSR count). The zero-order valence-corrected chi connectivity index (χ0v) is 15.9. The third-order valence-corrected chi connectivity index (χ3v) is 8.67. The summed E-state index contributed by atoms with van der Waals surface area (Å²) in [6.45, 7) is 8.27. The van der Waals surface area contributed by atoms with Crippen molar-refractivity contribution in [3.8, 4) is 0 Å². The van der Waals surface area contributed by atoms with E-state index in [1.807, 2.05) is 0 Å². The Hall–Kier alpha value is -1.63. The van der Waals surface area contributed by atoms with Crippen LogP contribution >= 0.6 is 0 Å². The van der Waals surface area contributed by atoms with Crippen LogP contribution in [0.25, 0.3) is 0 Å². The Morgan fingerprint density at radius 3 is 2.52 bits per heavy atom. The molecule has 0 radical (unpaired) electrons. The van der Waals surface area contributed by atoms with Gasteiger partial charge in [-0.2, -0.15) is 0 Å². The minimum absolute atomic E-state index is 0.103. The lowest BCUT2D eigenvalue weighted by molar-refractivity contribution is -0.206. The molecule has 7 nitrogen and oxygen atoms in total. The number of carbonyl (C=O) groups is 3. The molecule has 4 saturated heterocycles. The molecule has 2 saturated carbocycles. The number of hydrogen-bond donors (Lipinski definition) is 0. The predicted molar refractivity (Wildman–Crippen MR) is 87.8 cm³/mol. The zero-order valence-electron chi connectivity index (χ0n) is 15.9. The lowest BCUT2D eigenvalue weighted by Gasteiger charge is -2.44. The Kier molecular flexibility index (Phi) is 2.53. The molecule has 6 aliphatic rings. The summed E-state index contributed by atoms with van der Waals surface area (Å²) in [7, 11) is 0. The number of ether oxygens (including phenoxy) is 4. The molecule has 0 bridgehead atoms. The van der Waals surface area contributed by atoms with E-state index in [4.69, 9.17) is 18.9 Å². The SMILES string of the molecule is C[C@@H]1C(=O)OC2CC34C5C[C@@H](C(C)(C)C)C36CC(=O)OC6O[C@@]4(C(=O)O5)[C@H]21. The summed E-state index contributed by atoms with van der Waals surface area (Å²) < 4.78 is 23.7. The van der Waals surface area contributed by atoms with E-state index in [0.29, 0.717) is 12.8 Å². The second-order valence-electron chi connectivity index (χ2n) is 10.4. The van der Waals surface area contributed by atoms with Gasteiger partial charge in [-0.3, -0.25) is 9.59 Å². The zero-order chi connectivity index (χ0) is 19.1. The molecule has 4 heterocycles. The van der Waals surface area contributed by atoms with Crippen molar-refractivity contribution in [2.45, 2.75) is 71.1 Å². The van der Waals surface area contributed by atoms with Gasteiger partial charge in [0.05, 0.1) is 23.2 Å². The fourth-order valence-electron chi connectivity index (χ4n) is 8.07. The van der Waals surface area contributed by atoms with Gasteiger partial charge >= 0.3 is 17.9 Å². The highest BCUT2D eigenvalue weighted by atomic mass is 16.7. The van der Waals surface area contributed by atoms with Crippen LogP contribution in [0.1, 0.15) is 47.0 Å². The van der Waals surface area contributed by atoms with Gasteiger partial charge < -0.3 is 18.9 Å². The predicted octanol–water partition coefficient (Wildman–Crippen LogP) is 1.57. The highest BCUT2D eigenvalue weighted by Gasteiger charge is 2.95. The summed E-state index contributed by atoms with van der Waals surface area (Å²) in [5.41, 5.74) is -2.65. The molecule has 6 fully saturated rings. The molecule has 9 atom stereocenters. The summed E-state index contributed by atoms with van der Waals surface area (Å²) >= 11 is 0. The smallest absolute Gasteiger partial charge is 0.340 e. The number of esters is 3. The molecule has 5 unspecified atom stereocenters. The third kappa shape index (κ3) is 1.34. The van der Waals surface area contributed by atoms with Gasteiger partial charge in [-0.25, -0.2) is 4.79 Å². The molecule has 7 heteroatoms. The highest BCUT2D eigenvalue weighted by molar-refractivity contribution is 5.90. The number of hydrogen-bond acceptors (Lipinski definition) is 7. The second kappa shape index (κ2) is 4.19. The van der Waals surface area contributed by atoms with Gasteiger partial charge in [-0.05, 0) is 24.2 Å². The quantitative estimate of drug-likeness (QED) is 0.468. The minimum atomic E-state index is -1.25. The van der Waals surface area contributed by atoms with Gasteiger partial charge in [0.15, 0.2) is 5.60 Å². The summed E-state index contributed by atoms with van der Waals surface area (Å²) in [4.78, 5) is 37.9. The molecule has 2 spiro atoms. The van der Waals surface area contributed by atoms with Crippen molar-refractivity contribution in [2.75, 3.05) is 0 Å². The van der Waals surface area contributed by atoms with E-state index in [0.717, 1.165) is 0 Å².